The van der Waals surface area contributed by atoms with E-state index in [2.05, 4.69) is 25.9 Å². The maximum Gasteiger partial charge on any atom is 0.275 e. The molecule has 6 heteroatoms. The van der Waals surface area contributed by atoms with E-state index >= 15 is 0 Å². The van der Waals surface area contributed by atoms with Crippen molar-refractivity contribution in [2.75, 3.05) is 0 Å². The first-order valence-corrected chi connectivity index (χ1v) is 5.91. The lowest BCUT2D eigenvalue weighted by Crippen LogP contribution is -2.22. The Labute approximate surface area is 101 Å². The fraction of sp³-hybridized carbons (Fsp3) is 0.556. The molecule has 0 aliphatic carbocycles. The third-order valence-corrected chi connectivity index (χ3v) is 3.02. The number of rotatable bonds is 3. The first-order valence-electron chi connectivity index (χ1n) is 4.30. The molecule has 0 saturated heterocycles. The Balaban J connectivity index is 2.81. The molecule has 15 heavy (non-hydrogen) atoms. The lowest BCUT2D eigenvalue weighted by atomic mass is 10.2. The molecule has 0 aliphatic rings. The van der Waals surface area contributed by atoms with Crippen LogP contribution >= 0.6 is 27.3 Å². The molecular weight excluding hydrogens is 280 g/mol. The van der Waals surface area contributed by atoms with Gasteiger partial charge in [-0.05, 0) is 36.7 Å². The van der Waals surface area contributed by atoms with Crippen molar-refractivity contribution in [2.24, 2.45) is 4.99 Å². The van der Waals surface area contributed by atoms with Crippen molar-refractivity contribution in [3.63, 3.8) is 0 Å². The van der Waals surface area contributed by atoms with Gasteiger partial charge in [0.25, 0.3) is 5.19 Å². The van der Waals surface area contributed by atoms with Crippen molar-refractivity contribution >= 4 is 33.3 Å². The molecule has 1 heterocycles. The topological polar surface area (TPSA) is 51.6 Å². The average Bonchev–Trinajstić information content (AvgIpc) is 2.39. The van der Waals surface area contributed by atoms with Gasteiger partial charge in [0.2, 0.25) is 6.08 Å². The second-order valence-corrected chi connectivity index (χ2v) is 6.10. The van der Waals surface area contributed by atoms with Crippen molar-refractivity contribution in [2.45, 2.75) is 32.9 Å². The van der Waals surface area contributed by atoms with Crippen molar-refractivity contribution in [1.82, 2.24) is 4.98 Å². The van der Waals surface area contributed by atoms with Gasteiger partial charge in [-0.1, -0.05) is 11.3 Å². The summed E-state index contributed by atoms with van der Waals surface area (Å²) in [6.07, 6.45) is 1.48. The first kappa shape index (κ1) is 12.4. The van der Waals surface area contributed by atoms with E-state index in [0.717, 1.165) is 3.79 Å². The molecule has 1 aromatic heterocycles. The van der Waals surface area contributed by atoms with Crippen molar-refractivity contribution in [1.29, 1.82) is 0 Å². The molecule has 0 fully saturated rings. The normalized spacial score (nSPS) is 10.9. The van der Waals surface area contributed by atoms with E-state index in [1.807, 2.05) is 20.8 Å². The zero-order chi connectivity index (χ0) is 11.5. The Bertz CT molecular complexity index is 391. The lowest BCUT2D eigenvalue weighted by Gasteiger charge is -2.18. The summed E-state index contributed by atoms with van der Waals surface area (Å²) in [7, 11) is 0. The minimum Gasteiger partial charge on any atom is -0.464 e. The zero-order valence-electron chi connectivity index (χ0n) is 8.70. The number of ether oxygens (including phenoxy) is 1. The standard InChI is InChI=1S/C9H11BrN2O2S/c1-9(2,3)14-8-12-6(4-11-5-13)7(10)15-8/h4H2,1-3H3. The number of aromatic nitrogens is 1. The molecule has 0 bridgehead atoms. The van der Waals surface area contributed by atoms with Crippen LogP contribution in [0.1, 0.15) is 26.5 Å². The van der Waals surface area contributed by atoms with Gasteiger partial charge >= 0.3 is 0 Å². The molecule has 0 saturated carbocycles. The fourth-order valence-corrected chi connectivity index (χ4v) is 2.28. The van der Waals surface area contributed by atoms with Crippen LogP contribution in [0, 0.1) is 0 Å². The summed E-state index contributed by atoms with van der Waals surface area (Å²) in [5.74, 6) is 0. The van der Waals surface area contributed by atoms with E-state index in [1.54, 1.807) is 0 Å². The van der Waals surface area contributed by atoms with Crippen LogP contribution in [0.15, 0.2) is 8.78 Å². The van der Waals surface area contributed by atoms with Gasteiger partial charge in [-0.2, -0.15) is 4.99 Å². The summed E-state index contributed by atoms with van der Waals surface area (Å²) in [6.45, 7) is 6.08. The van der Waals surface area contributed by atoms with Crippen molar-refractivity contribution in [3.8, 4) is 5.19 Å². The number of isocyanates is 1. The van der Waals surface area contributed by atoms with E-state index in [4.69, 9.17) is 4.74 Å². The molecule has 0 N–H and O–H groups in total. The third-order valence-electron chi connectivity index (χ3n) is 1.32. The predicted octanol–water partition coefficient (Wildman–Crippen LogP) is 2.92. The van der Waals surface area contributed by atoms with Crippen LogP contribution in [0.2, 0.25) is 0 Å². The molecular formula is C9H11BrN2O2S. The second-order valence-electron chi connectivity index (χ2n) is 3.82. The summed E-state index contributed by atoms with van der Waals surface area (Å²) in [4.78, 5) is 17.6. The van der Waals surface area contributed by atoms with Gasteiger partial charge in [-0.3, -0.25) is 0 Å². The molecule has 4 nitrogen and oxygen atoms in total. The Morgan fingerprint density at radius 2 is 2.27 bits per heavy atom. The van der Waals surface area contributed by atoms with Gasteiger partial charge in [-0.25, -0.2) is 9.78 Å². The summed E-state index contributed by atoms with van der Waals surface area (Å²) < 4.78 is 6.41. The molecule has 0 unspecified atom stereocenters. The number of nitrogens with zero attached hydrogens (tertiary/aromatic N) is 2. The molecule has 0 spiro atoms. The fourth-order valence-electron chi connectivity index (χ4n) is 0.823. The molecule has 0 aliphatic heterocycles. The summed E-state index contributed by atoms with van der Waals surface area (Å²) >= 11 is 4.73. The summed E-state index contributed by atoms with van der Waals surface area (Å²) in [5, 5.41) is 0.575. The number of aliphatic imine (C=N–C) groups is 1. The van der Waals surface area contributed by atoms with Gasteiger partial charge < -0.3 is 4.74 Å². The molecule has 0 radical (unpaired) electrons. The zero-order valence-corrected chi connectivity index (χ0v) is 11.1. The van der Waals surface area contributed by atoms with Crippen LogP contribution in [-0.4, -0.2) is 16.7 Å². The largest absolute Gasteiger partial charge is 0.464 e. The van der Waals surface area contributed by atoms with Crippen LogP contribution in [0.25, 0.3) is 0 Å². The molecule has 1 rings (SSSR count). The SMILES string of the molecule is CC(C)(C)Oc1nc(CN=C=O)c(Br)s1. The highest BCUT2D eigenvalue weighted by Crippen LogP contribution is 2.32. The number of halogens is 1. The number of thiazole rings is 1. The smallest absolute Gasteiger partial charge is 0.275 e. The van der Waals surface area contributed by atoms with Gasteiger partial charge in [0.15, 0.2) is 0 Å². The summed E-state index contributed by atoms with van der Waals surface area (Å²) in [6, 6.07) is 0. The van der Waals surface area contributed by atoms with Crippen LogP contribution in [0.4, 0.5) is 0 Å². The molecule has 0 amide bonds. The van der Waals surface area contributed by atoms with Crippen molar-refractivity contribution < 1.29 is 9.53 Å². The predicted molar refractivity (Wildman–Crippen MR) is 62.0 cm³/mol. The maximum atomic E-state index is 9.96. The Morgan fingerprint density at radius 1 is 1.60 bits per heavy atom. The minimum atomic E-state index is -0.275. The van der Waals surface area contributed by atoms with Crippen LogP contribution in [0.5, 0.6) is 5.19 Å². The van der Waals surface area contributed by atoms with Gasteiger partial charge in [0, 0.05) is 0 Å². The number of hydrogen-bond donors (Lipinski definition) is 0. The first-order chi connectivity index (χ1) is 6.92. The Kier molecular flexibility index (Phi) is 4.02. The minimum absolute atomic E-state index is 0.230. The molecule has 82 valence electrons. The van der Waals surface area contributed by atoms with Crippen molar-refractivity contribution in [3.05, 3.63) is 9.48 Å². The highest BCUT2D eigenvalue weighted by molar-refractivity contribution is 9.11. The molecule has 0 aromatic carbocycles. The third kappa shape index (κ3) is 4.11. The quantitative estimate of drug-likeness (QED) is 0.635. The molecule has 0 atom stereocenters. The van der Waals surface area contributed by atoms with E-state index in [1.165, 1.54) is 17.4 Å². The van der Waals surface area contributed by atoms with E-state index in [-0.39, 0.29) is 12.1 Å². The summed E-state index contributed by atoms with van der Waals surface area (Å²) in [5.41, 5.74) is 0.422. The second kappa shape index (κ2) is 4.88. The highest BCUT2D eigenvalue weighted by atomic mass is 79.9. The lowest BCUT2D eigenvalue weighted by molar-refractivity contribution is 0.130. The Morgan fingerprint density at radius 3 is 2.80 bits per heavy atom. The Hall–Kier alpha value is -0.710. The number of hydrogen-bond acceptors (Lipinski definition) is 5. The monoisotopic (exact) mass is 290 g/mol. The molecule has 1 aromatic rings. The van der Waals surface area contributed by atoms with Gasteiger partial charge in [0.1, 0.15) is 5.60 Å². The number of carbonyl (C=O) groups excluding carboxylic acids is 1. The van der Waals surface area contributed by atoms with Crippen LogP contribution in [-0.2, 0) is 11.3 Å². The average molecular weight is 291 g/mol. The maximum absolute atomic E-state index is 9.96. The van der Waals surface area contributed by atoms with Gasteiger partial charge in [0.05, 0.1) is 16.0 Å². The van der Waals surface area contributed by atoms with E-state index in [0.29, 0.717) is 10.9 Å². The van der Waals surface area contributed by atoms with Crippen LogP contribution in [0.3, 0.4) is 0 Å². The van der Waals surface area contributed by atoms with Crippen LogP contribution < -0.4 is 4.74 Å². The highest BCUT2D eigenvalue weighted by Gasteiger charge is 2.16. The van der Waals surface area contributed by atoms with Gasteiger partial charge in [-0.15, -0.1) is 0 Å². The van der Waals surface area contributed by atoms with E-state index < -0.39 is 0 Å². The van der Waals surface area contributed by atoms with E-state index in [9.17, 15) is 4.79 Å².